The zero-order valence-corrected chi connectivity index (χ0v) is 11.2. The van der Waals surface area contributed by atoms with Crippen LogP contribution in [0.25, 0.3) is 0 Å². The molecule has 0 amide bonds. The van der Waals surface area contributed by atoms with E-state index in [-0.39, 0.29) is 5.78 Å². The standard InChI is InChI=1S/C15H16O2S/c1-2-15(16)12-5-3-6-13(11-12)17-9-8-14-7-4-10-18-14/h3-7,10-11H,2,8-9H2,1H3. The van der Waals surface area contributed by atoms with Gasteiger partial charge in [-0.2, -0.15) is 0 Å². The van der Waals surface area contributed by atoms with E-state index in [1.54, 1.807) is 11.3 Å². The Kier molecular flexibility index (Phi) is 4.53. The van der Waals surface area contributed by atoms with Gasteiger partial charge in [0.2, 0.25) is 0 Å². The third-order valence-electron chi connectivity index (χ3n) is 2.67. The molecule has 94 valence electrons. The lowest BCUT2D eigenvalue weighted by Crippen LogP contribution is -2.02. The Hall–Kier alpha value is -1.61. The Morgan fingerprint density at radius 1 is 1.28 bits per heavy atom. The average molecular weight is 260 g/mol. The second kappa shape index (κ2) is 6.36. The van der Waals surface area contributed by atoms with E-state index < -0.39 is 0 Å². The highest BCUT2D eigenvalue weighted by molar-refractivity contribution is 7.09. The number of Topliss-reactive ketones (excluding diaryl/α,β-unsaturated/α-hetero) is 1. The van der Waals surface area contributed by atoms with Gasteiger partial charge in [0.05, 0.1) is 6.61 Å². The molecule has 0 saturated heterocycles. The Morgan fingerprint density at radius 2 is 2.17 bits per heavy atom. The van der Waals surface area contributed by atoms with Crippen molar-refractivity contribution in [2.45, 2.75) is 19.8 Å². The molecule has 0 saturated carbocycles. The predicted molar refractivity (Wildman–Crippen MR) is 74.6 cm³/mol. The molecule has 18 heavy (non-hydrogen) atoms. The molecular weight excluding hydrogens is 244 g/mol. The molecule has 2 aromatic rings. The molecule has 3 heteroatoms. The molecule has 1 aromatic heterocycles. The maximum absolute atomic E-state index is 11.6. The van der Waals surface area contributed by atoms with Crippen LogP contribution >= 0.6 is 11.3 Å². The van der Waals surface area contributed by atoms with Crippen LogP contribution in [0.15, 0.2) is 41.8 Å². The van der Waals surface area contributed by atoms with Crippen LogP contribution in [-0.2, 0) is 6.42 Å². The zero-order valence-electron chi connectivity index (χ0n) is 10.4. The van der Waals surface area contributed by atoms with Crippen LogP contribution in [-0.4, -0.2) is 12.4 Å². The fourth-order valence-corrected chi connectivity index (χ4v) is 2.38. The molecule has 0 atom stereocenters. The number of hydrogen-bond donors (Lipinski definition) is 0. The van der Waals surface area contributed by atoms with Crippen LogP contribution < -0.4 is 4.74 Å². The summed E-state index contributed by atoms with van der Waals surface area (Å²) in [5.74, 6) is 0.921. The first kappa shape index (κ1) is 12.8. The van der Waals surface area contributed by atoms with Gasteiger partial charge in [0.15, 0.2) is 5.78 Å². The van der Waals surface area contributed by atoms with Crippen molar-refractivity contribution in [2.75, 3.05) is 6.61 Å². The van der Waals surface area contributed by atoms with E-state index in [0.29, 0.717) is 13.0 Å². The number of carbonyl (C=O) groups excluding carboxylic acids is 1. The van der Waals surface area contributed by atoms with Crippen molar-refractivity contribution < 1.29 is 9.53 Å². The van der Waals surface area contributed by atoms with Crippen molar-refractivity contribution in [3.8, 4) is 5.75 Å². The van der Waals surface area contributed by atoms with Gasteiger partial charge in [-0.1, -0.05) is 25.1 Å². The fourth-order valence-electron chi connectivity index (χ4n) is 1.69. The van der Waals surface area contributed by atoms with E-state index in [1.165, 1.54) is 4.88 Å². The molecule has 0 N–H and O–H groups in total. The molecular formula is C15H16O2S. The Bertz CT molecular complexity index is 503. The third kappa shape index (κ3) is 3.44. The number of carbonyl (C=O) groups is 1. The number of hydrogen-bond acceptors (Lipinski definition) is 3. The molecule has 0 fully saturated rings. The van der Waals surface area contributed by atoms with Crippen molar-refractivity contribution >= 4 is 17.1 Å². The summed E-state index contributed by atoms with van der Waals surface area (Å²) in [6.45, 7) is 2.51. The normalized spacial score (nSPS) is 10.3. The van der Waals surface area contributed by atoms with E-state index >= 15 is 0 Å². The highest BCUT2D eigenvalue weighted by Gasteiger charge is 2.04. The molecule has 0 bridgehead atoms. The van der Waals surface area contributed by atoms with Crippen LogP contribution in [0.1, 0.15) is 28.6 Å². The van der Waals surface area contributed by atoms with Gasteiger partial charge < -0.3 is 4.74 Å². The number of thiophene rings is 1. The number of benzene rings is 1. The van der Waals surface area contributed by atoms with Gasteiger partial charge in [-0.25, -0.2) is 0 Å². The minimum atomic E-state index is 0.152. The first-order valence-electron chi connectivity index (χ1n) is 6.08. The van der Waals surface area contributed by atoms with Crippen LogP contribution in [0.2, 0.25) is 0 Å². The smallest absolute Gasteiger partial charge is 0.162 e. The van der Waals surface area contributed by atoms with Crippen molar-refractivity contribution in [3.63, 3.8) is 0 Å². The summed E-state index contributed by atoms with van der Waals surface area (Å²) in [4.78, 5) is 12.9. The summed E-state index contributed by atoms with van der Waals surface area (Å²) in [5.41, 5.74) is 0.728. The lowest BCUT2D eigenvalue weighted by atomic mass is 10.1. The van der Waals surface area contributed by atoms with Crippen LogP contribution in [0, 0.1) is 0 Å². The fraction of sp³-hybridized carbons (Fsp3) is 0.267. The van der Waals surface area contributed by atoms with Crippen molar-refractivity contribution in [1.82, 2.24) is 0 Å². The molecule has 0 unspecified atom stereocenters. The third-order valence-corrected chi connectivity index (χ3v) is 3.61. The zero-order chi connectivity index (χ0) is 12.8. The second-order valence-corrected chi connectivity index (χ2v) is 5.01. The molecule has 0 aliphatic carbocycles. The first-order chi connectivity index (χ1) is 8.79. The Labute approximate surface area is 111 Å². The quantitative estimate of drug-likeness (QED) is 0.735. The molecule has 0 aliphatic rings. The minimum Gasteiger partial charge on any atom is -0.493 e. The van der Waals surface area contributed by atoms with E-state index in [4.69, 9.17) is 4.74 Å². The average Bonchev–Trinajstić information content (AvgIpc) is 2.91. The Morgan fingerprint density at radius 3 is 2.89 bits per heavy atom. The minimum absolute atomic E-state index is 0.152. The first-order valence-corrected chi connectivity index (χ1v) is 6.96. The van der Waals surface area contributed by atoms with Crippen LogP contribution in [0.4, 0.5) is 0 Å². The van der Waals surface area contributed by atoms with Gasteiger partial charge in [-0.3, -0.25) is 4.79 Å². The van der Waals surface area contributed by atoms with E-state index in [9.17, 15) is 4.79 Å². The molecule has 1 aromatic carbocycles. The maximum atomic E-state index is 11.6. The van der Waals surface area contributed by atoms with E-state index in [2.05, 4.69) is 11.4 Å². The summed E-state index contributed by atoms with van der Waals surface area (Å²) in [5, 5.41) is 2.07. The van der Waals surface area contributed by atoms with Crippen LogP contribution in [0.3, 0.4) is 0 Å². The van der Waals surface area contributed by atoms with Crippen molar-refractivity contribution in [1.29, 1.82) is 0 Å². The van der Waals surface area contributed by atoms with Gasteiger partial charge >= 0.3 is 0 Å². The summed E-state index contributed by atoms with van der Waals surface area (Å²) < 4.78 is 5.67. The highest BCUT2D eigenvalue weighted by atomic mass is 32.1. The monoisotopic (exact) mass is 260 g/mol. The van der Waals surface area contributed by atoms with E-state index in [1.807, 2.05) is 37.3 Å². The van der Waals surface area contributed by atoms with Gasteiger partial charge in [-0.05, 0) is 23.6 Å². The maximum Gasteiger partial charge on any atom is 0.162 e. The summed E-state index contributed by atoms with van der Waals surface area (Å²) in [6.07, 6.45) is 1.43. The Balaban J connectivity index is 1.91. The predicted octanol–water partition coefficient (Wildman–Crippen LogP) is 3.96. The van der Waals surface area contributed by atoms with Gasteiger partial charge in [0.1, 0.15) is 5.75 Å². The summed E-state index contributed by atoms with van der Waals surface area (Å²) in [7, 11) is 0. The second-order valence-electron chi connectivity index (χ2n) is 3.98. The van der Waals surface area contributed by atoms with Crippen LogP contribution in [0.5, 0.6) is 5.75 Å². The molecule has 0 radical (unpaired) electrons. The summed E-state index contributed by atoms with van der Waals surface area (Å²) in [6, 6.07) is 11.5. The van der Waals surface area contributed by atoms with Gasteiger partial charge in [0.25, 0.3) is 0 Å². The largest absolute Gasteiger partial charge is 0.493 e. The molecule has 0 aliphatic heterocycles. The topological polar surface area (TPSA) is 26.3 Å². The molecule has 2 rings (SSSR count). The van der Waals surface area contributed by atoms with Gasteiger partial charge in [0, 0.05) is 23.3 Å². The van der Waals surface area contributed by atoms with Gasteiger partial charge in [-0.15, -0.1) is 11.3 Å². The number of rotatable bonds is 6. The number of ether oxygens (including phenoxy) is 1. The SMILES string of the molecule is CCC(=O)c1cccc(OCCc2cccs2)c1. The van der Waals surface area contributed by atoms with Crippen molar-refractivity contribution in [2.24, 2.45) is 0 Å². The lowest BCUT2D eigenvalue weighted by molar-refractivity contribution is 0.0987. The van der Waals surface area contributed by atoms with Crippen molar-refractivity contribution in [3.05, 3.63) is 52.2 Å². The van der Waals surface area contributed by atoms with E-state index in [0.717, 1.165) is 17.7 Å². The summed E-state index contributed by atoms with van der Waals surface area (Å²) >= 11 is 1.74. The lowest BCUT2D eigenvalue weighted by Gasteiger charge is -2.06. The molecule has 0 spiro atoms. The number of ketones is 1. The molecule has 1 heterocycles. The highest BCUT2D eigenvalue weighted by Crippen LogP contribution is 2.16. The molecule has 2 nitrogen and oxygen atoms in total.